The second kappa shape index (κ2) is 5.17. The zero-order chi connectivity index (χ0) is 12.3. The van der Waals surface area contributed by atoms with Gasteiger partial charge >= 0.3 is 0 Å². The third-order valence-electron chi connectivity index (χ3n) is 3.25. The fourth-order valence-electron chi connectivity index (χ4n) is 2.25. The molecule has 0 unspecified atom stereocenters. The Balaban J connectivity index is 2.45. The van der Waals surface area contributed by atoms with Gasteiger partial charge in [-0.1, -0.05) is 31.9 Å². The van der Waals surface area contributed by atoms with Crippen LogP contribution >= 0.6 is 0 Å². The van der Waals surface area contributed by atoms with Crippen molar-refractivity contribution in [2.45, 2.75) is 39.5 Å². The summed E-state index contributed by atoms with van der Waals surface area (Å²) in [7, 11) is 0. The Labute approximate surface area is 102 Å². The molecule has 17 heavy (non-hydrogen) atoms. The van der Waals surface area contributed by atoms with Crippen LogP contribution in [0.25, 0.3) is 10.9 Å². The number of aryl methyl sites for hydroxylation is 1. The number of aromatic amines is 1. The van der Waals surface area contributed by atoms with E-state index in [1.165, 1.54) is 12.8 Å². The van der Waals surface area contributed by atoms with E-state index in [1.807, 2.05) is 31.2 Å². The van der Waals surface area contributed by atoms with Crippen molar-refractivity contribution in [3.05, 3.63) is 45.7 Å². The number of para-hydroxylation sites is 1. The Morgan fingerprint density at radius 3 is 2.71 bits per heavy atom. The van der Waals surface area contributed by atoms with Crippen molar-refractivity contribution in [1.29, 1.82) is 0 Å². The van der Waals surface area contributed by atoms with Gasteiger partial charge < -0.3 is 4.98 Å². The van der Waals surface area contributed by atoms with Crippen LogP contribution in [0.2, 0.25) is 0 Å². The molecule has 0 atom stereocenters. The van der Waals surface area contributed by atoms with E-state index in [1.54, 1.807) is 0 Å². The molecule has 0 aliphatic rings. The summed E-state index contributed by atoms with van der Waals surface area (Å²) in [6.07, 6.45) is 4.36. The summed E-state index contributed by atoms with van der Waals surface area (Å²) in [5, 5.41) is 0.810. The van der Waals surface area contributed by atoms with Crippen molar-refractivity contribution in [1.82, 2.24) is 4.98 Å². The van der Waals surface area contributed by atoms with Crippen molar-refractivity contribution >= 4 is 10.9 Å². The van der Waals surface area contributed by atoms with E-state index < -0.39 is 0 Å². The molecule has 1 aromatic carbocycles. The smallest absolute Gasteiger partial charge is 0.192 e. The van der Waals surface area contributed by atoms with E-state index in [2.05, 4.69) is 11.9 Å². The van der Waals surface area contributed by atoms with Gasteiger partial charge in [0.05, 0.1) is 0 Å². The van der Waals surface area contributed by atoms with Crippen molar-refractivity contribution in [3.8, 4) is 0 Å². The summed E-state index contributed by atoms with van der Waals surface area (Å²) in [4.78, 5) is 15.6. The monoisotopic (exact) mass is 229 g/mol. The molecule has 2 rings (SSSR count). The Kier molecular flexibility index (Phi) is 3.62. The highest BCUT2D eigenvalue weighted by Crippen LogP contribution is 2.12. The summed E-state index contributed by atoms with van der Waals surface area (Å²) in [5.41, 5.74) is 3.11. The van der Waals surface area contributed by atoms with Crippen molar-refractivity contribution in [2.75, 3.05) is 0 Å². The number of pyridine rings is 1. The fraction of sp³-hybridized carbons (Fsp3) is 0.400. The average Bonchev–Trinajstić information content (AvgIpc) is 2.33. The molecular formula is C15H19NO. The number of nitrogens with one attached hydrogen (secondary N) is 1. The topological polar surface area (TPSA) is 32.9 Å². The average molecular weight is 229 g/mol. The van der Waals surface area contributed by atoms with Crippen molar-refractivity contribution in [3.63, 3.8) is 0 Å². The van der Waals surface area contributed by atoms with Gasteiger partial charge in [-0.3, -0.25) is 4.79 Å². The first kappa shape index (κ1) is 11.9. The van der Waals surface area contributed by atoms with Gasteiger partial charge in [-0.25, -0.2) is 0 Å². The van der Waals surface area contributed by atoms with Gasteiger partial charge in [0.15, 0.2) is 5.43 Å². The zero-order valence-corrected chi connectivity index (χ0v) is 10.5. The molecule has 0 fully saturated rings. The molecule has 0 radical (unpaired) electrons. The van der Waals surface area contributed by atoms with Gasteiger partial charge in [0.25, 0.3) is 0 Å². The van der Waals surface area contributed by atoms with Crippen LogP contribution in [0.3, 0.4) is 0 Å². The Hall–Kier alpha value is -1.57. The maximum Gasteiger partial charge on any atom is 0.192 e. The Morgan fingerprint density at radius 2 is 1.94 bits per heavy atom. The summed E-state index contributed by atoms with van der Waals surface area (Å²) in [6, 6.07) is 7.73. The summed E-state index contributed by atoms with van der Waals surface area (Å²) < 4.78 is 0. The van der Waals surface area contributed by atoms with Crippen molar-refractivity contribution in [2.24, 2.45) is 0 Å². The van der Waals surface area contributed by atoms with Crippen LogP contribution in [0.5, 0.6) is 0 Å². The lowest BCUT2D eigenvalue weighted by molar-refractivity contribution is 0.712. The minimum atomic E-state index is 0.202. The molecule has 0 saturated heterocycles. The van der Waals surface area contributed by atoms with Crippen LogP contribution in [-0.2, 0) is 6.42 Å². The van der Waals surface area contributed by atoms with E-state index in [0.717, 1.165) is 35.0 Å². The van der Waals surface area contributed by atoms with Gasteiger partial charge in [0.2, 0.25) is 0 Å². The second-order valence-corrected chi connectivity index (χ2v) is 4.56. The first-order valence-corrected chi connectivity index (χ1v) is 6.34. The number of unbranched alkanes of at least 4 members (excludes halogenated alkanes) is 2. The van der Waals surface area contributed by atoms with Crippen LogP contribution in [-0.4, -0.2) is 4.98 Å². The van der Waals surface area contributed by atoms with Crippen molar-refractivity contribution < 1.29 is 0 Å². The molecule has 0 aliphatic heterocycles. The first-order chi connectivity index (χ1) is 8.24. The minimum Gasteiger partial charge on any atom is -0.358 e. The van der Waals surface area contributed by atoms with Crippen LogP contribution in [0.1, 0.15) is 37.4 Å². The van der Waals surface area contributed by atoms with E-state index in [-0.39, 0.29) is 5.43 Å². The molecule has 1 heterocycles. The summed E-state index contributed by atoms with van der Waals surface area (Å²) in [5.74, 6) is 0. The van der Waals surface area contributed by atoms with Crippen LogP contribution in [0, 0.1) is 6.92 Å². The minimum absolute atomic E-state index is 0.202. The Bertz CT molecular complexity index is 569. The quantitative estimate of drug-likeness (QED) is 0.799. The molecule has 0 spiro atoms. The van der Waals surface area contributed by atoms with Gasteiger partial charge in [-0.05, 0) is 31.9 Å². The number of hydrogen-bond donors (Lipinski definition) is 1. The fourth-order valence-corrected chi connectivity index (χ4v) is 2.25. The summed E-state index contributed by atoms with van der Waals surface area (Å²) >= 11 is 0. The number of hydrogen-bond acceptors (Lipinski definition) is 1. The molecule has 1 N–H and O–H groups in total. The lowest BCUT2D eigenvalue weighted by Gasteiger charge is -2.07. The highest BCUT2D eigenvalue weighted by molar-refractivity contribution is 5.79. The van der Waals surface area contributed by atoms with Crippen LogP contribution in [0.4, 0.5) is 0 Å². The number of rotatable bonds is 4. The van der Waals surface area contributed by atoms with E-state index in [4.69, 9.17) is 0 Å². The standard InChI is InChI=1S/C15H19NO/c1-3-4-5-8-12-11(2)16-14-10-7-6-9-13(14)15(12)17/h6-7,9-10H,3-5,8H2,1-2H3,(H,16,17). The third kappa shape index (κ3) is 2.41. The molecule has 0 saturated carbocycles. The molecule has 2 aromatic rings. The lowest BCUT2D eigenvalue weighted by Crippen LogP contribution is -2.13. The first-order valence-electron chi connectivity index (χ1n) is 6.34. The molecule has 0 bridgehead atoms. The van der Waals surface area contributed by atoms with Gasteiger partial charge in [-0.2, -0.15) is 0 Å². The van der Waals surface area contributed by atoms with Crippen LogP contribution in [0.15, 0.2) is 29.1 Å². The van der Waals surface area contributed by atoms with E-state index >= 15 is 0 Å². The second-order valence-electron chi connectivity index (χ2n) is 4.56. The highest BCUT2D eigenvalue weighted by atomic mass is 16.1. The summed E-state index contributed by atoms with van der Waals surface area (Å²) in [6.45, 7) is 4.17. The lowest BCUT2D eigenvalue weighted by atomic mass is 10.0. The maximum absolute atomic E-state index is 12.3. The molecule has 2 heteroatoms. The number of benzene rings is 1. The van der Waals surface area contributed by atoms with E-state index in [0.29, 0.717) is 0 Å². The number of aromatic nitrogens is 1. The van der Waals surface area contributed by atoms with E-state index in [9.17, 15) is 4.79 Å². The van der Waals surface area contributed by atoms with Gasteiger partial charge in [0, 0.05) is 22.2 Å². The highest BCUT2D eigenvalue weighted by Gasteiger charge is 2.08. The molecule has 1 aromatic heterocycles. The SMILES string of the molecule is CCCCCc1c(C)[nH]c2ccccc2c1=O. The predicted molar refractivity (Wildman–Crippen MR) is 72.5 cm³/mol. The Morgan fingerprint density at radius 1 is 1.18 bits per heavy atom. The third-order valence-corrected chi connectivity index (χ3v) is 3.25. The predicted octanol–water partition coefficient (Wildman–Crippen LogP) is 3.57. The molecular weight excluding hydrogens is 210 g/mol. The largest absolute Gasteiger partial charge is 0.358 e. The molecule has 0 aliphatic carbocycles. The number of fused-ring (bicyclic) bond motifs is 1. The molecule has 2 nitrogen and oxygen atoms in total. The maximum atomic E-state index is 12.3. The van der Waals surface area contributed by atoms with Crippen LogP contribution < -0.4 is 5.43 Å². The molecule has 0 amide bonds. The van der Waals surface area contributed by atoms with Gasteiger partial charge in [-0.15, -0.1) is 0 Å². The zero-order valence-electron chi connectivity index (χ0n) is 10.5. The normalized spacial score (nSPS) is 10.9. The van der Waals surface area contributed by atoms with Gasteiger partial charge in [0.1, 0.15) is 0 Å². The number of H-pyrrole nitrogens is 1. The molecule has 90 valence electrons.